The predicted molar refractivity (Wildman–Crippen MR) is 47.3 cm³/mol. The van der Waals surface area contributed by atoms with E-state index in [0.717, 1.165) is 0 Å². The number of hydrogen-bond donors (Lipinski definition) is 0. The van der Waals surface area contributed by atoms with E-state index in [4.69, 9.17) is 9.47 Å². The van der Waals surface area contributed by atoms with Crippen LogP contribution in [-0.2, 0) is 19.1 Å². The second-order valence-corrected chi connectivity index (χ2v) is 3.34. The average Bonchev–Trinajstić information content (AvgIpc) is 2.53. The van der Waals surface area contributed by atoms with Crippen LogP contribution in [0.15, 0.2) is 24.0 Å². The molecule has 1 unspecified atom stereocenters. The van der Waals surface area contributed by atoms with Crippen molar-refractivity contribution in [3.05, 3.63) is 24.0 Å². The van der Waals surface area contributed by atoms with Crippen molar-refractivity contribution in [2.45, 2.75) is 18.4 Å². The van der Waals surface area contributed by atoms with E-state index in [1.54, 1.807) is 12.2 Å². The van der Waals surface area contributed by atoms with Gasteiger partial charge in [-0.15, -0.1) is 0 Å². The van der Waals surface area contributed by atoms with E-state index in [1.165, 1.54) is 13.2 Å². The molecule has 1 heterocycles. The van der Waals surface area contributed by atoms with Crippen LogP contribution in [-0.4, -0.2) is 24.5 Å². The van der Waals surface area contributed by atoms with Gasteiger partial charge in [-0.05, 0) is 12.2 Å². The van der Waals surface area contributed by atoms with Crippen molar-refractivity contribution in [1.82, 2.24) is 0 Å². The van der Waals surface area contributed by atoms with Crippen molar-refractivity contribution in [2.75, 3.05) is 7.11 Å². The topological polar surface area (TPSA) is 52.6 Å². The predicted octanol–water partition coefficient (Wildman–Crippen LogP) is 0.731. The zero-order valence-electron chi connectivity index (χ0n) is 7.78. The third-order valence-electron chi connectivity index (χ3n) is 2.38. The minimum atomic E-state index is -0.740. The van der Waals surface area contributed by atoms with E-state index >= 15 is 0 Å². The summed E-state index contributed by atoms with van der Waals surface area (Å²) in [5, 5.41) is 0. The highest BCUT2D eigenvalue weighted by Crippen LogP contribution is 2.33. The van der Waals surface area contributed by atoms with Gasteiger partial charge in [-0.2, -0.15) is 0 Å². The molecular weight excluding hydrogens is 184 g/mol. The fraction of sp³-hybridized carbons (Fsp3) is 0.400. The molecule has 0 aromatic rings. The van der Waals surface area contributed by atoms with Gasteiger partial charge in [-0.25, -0.2) is 0 Å². The SMILES string of the molecule is COC1=CC2(C=CC1=O)CCC(=O)O2. The quantitative estimate of drug-likeness (QED) is 0.577. The summed E-state index contributed by atoms with van der Waals surface area (Å²) in [6, 6.07) is 0. The number of allylic oxidation sites excluding steroid dienone is 1. The minimum absolute atomic E-state index is 0.193. The first kappa shape index (κ1) is 8.99. The van der Waals surface area contributed by atoms with Crippen LogP contribution in [0, 0.1) is 0 Å². The summed E-state index contributed by atoms with van der Waals surface area (Å²) < 4.78 is 10.0. The third kappa shape index (κ3) is 1.32. The molecule has 0 saturated carbocycles. The Balaban J connectivity index is 2.31. The molecule has 0 bridgehead atoms. The summed E-state index contributed by atoms with van der Waals surface area (Å²) in [4.78, 5) is 22.2. The maximum atomic E-state index is 11.2. The van der Waals surface area contributed by atoms with Gasteiger partial charge in [-0.1, -0.05) is 0 Å². The van der Waals surface area contributed by atoms with Crippen LogP contribution in [0.3, 0.4) is 0 Å². The Kier molecular flexibility index (Phi) is 1.91. The standard InChI is InChI=1S/C10H10O4/c1-13-8-6-10(4-2-7(8)11)5-3-9(12)14-10/h2,4,6H,3,5H2,1H3. The van der Waals surface area contributed by atoms with Crippen molar-refractivity contribution in [3.63, 3.8) is 0 Å². The van der Waals surface area contributed by atoms with Crippen molar-refractivity contribution in [1.29, 1.82) is 0 Å². The summed E-state index contributed by atoms with van der Waals surface area (Å²) in [5.41, 5.74) is -0.740. The molecule has 1 aliphatic heterocycles. The lowest BCUT2D eigenvalue weighted by Gasteiger charge is -2.23. The van der Waals surface area contributed by atoms with Crippen LogP contribution < -0.4 is 0 Å². The Hall–Kier alpha value is -1.58. The zero-order valence-corrected chi connectivity index (χ0v) is 7.78. The third-order valence-corrected chi connectivity index (χ3v) is 2.38. The number of methoxy groups -OCH3 is 1. The molecule has 2 aliphatic rings. The smallest absolute Gasteiger partial charge is 0.307 e. The number of carbonyl (C=O) groups is 2. The highest BCUT2D eigenvalue weighted by Gasteiger charge is 2.39. The molecule has 0 aromatic heterocycles. The molecule has 1 saturated heterocycles. The van der Waals surface area contributed by atoms with Crippen molar-refractivity contribution in [2.24, 2.45) is 0 Å². The number of ketones is 1. The molecule has 0 aromatic carbocycles. The van der Waals surface area contributed by atoms with Gasteiger partial charge in [0.2, 0.25) is 5.78 Å². The highest BCUT2D eigenvalue weighted by molar-refractivity contribution is 6.04. The average molecular weight is 194 g/mol. The molecule has 0 N–H and O–H groups in total. The number of ether oxygens (including phenoxy) is 2. The summed E-state index contributed by atoms with van der Waals surface area (Å²) in [5.74, 6) is -0.195. The van der Waals surface area contributed by atoms with Crippen LogP contribution >= 0.6 is 0 Å². The highest BCUT2D eigenvalue weighted by atomic mass is 16.6. The minimum Gasteiger partial charge on any atom is -0.493 e. The van der Waals surface area contributed by atoms with Crippen LogP contribution in [0.2, 0.25) is 0 Å². The second kappa shape index (κ2) is 2.97. The van der Waals surface area contributed by atoms with E-state index in [-0.39, 0.29) is 17.5 Å². The molecule has 1 aliphatic carbocycles. The largest absolute Gasteiger partial charge is 0.493 e. The fourth-order valence-corrected chi connectivity index (χ4v) is 1.63. The Bertz CT molecular complexity index is 353. The number of rotatable bonds is 1. The zero-order chi connectivity index (χ0) is 10.2. The number of hydrogen-bond acceptors (Lipinski definition) is 4. The van der Waals surface area contributed by atoms with Gasteiger partial charge in [0.15, 0.2) is 11.4 Å². The Morgan fingerprint density at radius 1 is 1.50 bits per heavy atom. The van der Waals surface area contributed by atoms with E-state index in [9.17, 15) is 9.59 Å². The molecule has 2 rings (SSSR count). The van der Waals surface area contributed by atoms with Crippen LogP contribution in [0.25, 0.3) is 0 Å². The molecule has 74 valence electrons. The molecule has 1 spiro atoms. The molecule has 0 amide bonds. The van der Waals surface area contributed by atoms with Crippen molar-refractivity contribution < 1.29 is 19.1 Å². The molecule has 1 atom stereocenters. The van der Waals surface area contributed by atoms with E-state index in [2.05, 4.69) is 0 Å². The summed E-state index contributed by atoms with van der Waals surface area (Å²) in [7, 11) is 1.42. The van der Waals surface area contributed by atoms with Crippen molar-refractivity contribution in [3.8, 4) is 0 Å². The number of carbonyl (C=O) groups excluding carboxylic acids is 2. The number of esters is 1. The lowest BCUT2D eigenvalue weighted by Crippen LogP contribution is -2.28. The van der Waals surface area contributed by atoms with Gasteiger partial charge >= 0.3 is 5.97 Å². The van der Waals surface area contributed by atoms with E-state index in [1.807, 2.05) is 0 Å². The monoisotopic (exact) mass is 194 g/mol. The molecular formula is C10H10O4. The normalized spacial score (nSPS) is 30.5. The van der Waals surface area contributed by atoms with Crippen LogP contribution in [0.1, 0.15) is 12.8 Å². The van der Waals surface area contributed by atoms with Gasteiger partial charge in [0.05, 0.1) is 13.5 Å². The van der Waals surface area contributed by atoms with E-state index < -0.39 is 5.60 Å². The van der Waals surface area contributed by atoms with Gasteiger partial charge in [0, 0.05) is 12.5 Å². The molecule has 4 nitrogen and oxygen atoms in total. The Morgan fingerprint density at radius 2 is 2.29 bits per heavy atom. The lowest BCUT2D eigenvalue weighted by atomic mass is 9.93. The van der Waals surface area contributed by atoms with Crippen LogP contribution in [0.5, 0.6) is 0 Å². The Morgan fingerprint density at radius 3 is 2.86 bits per heavy atom. The summed E-state index contributed by atoms with van der Waals surface area (Å²) in [6.45, 7) is 0. The lowest BCUT2D eigenvalue weighted by molar-refractivity contribution is -0.143. The van der Waals surface area contributed by atoms with Gasteiger partial charge < -0.3 is 9.47 Å². The first-order chi connectivity index (χ1) is 6.65. The molecule has 0 radical (unpaired) electrons. The molecule has 1 fully saturated rings. The second-order valence-electron chi connectivity index (χ2n) is 3.34. The molecule has 4 heteroatoms. The van der Waals surface area contributed by atoms with E-state index in [0.29, 0.717) is 12.8 Å². The first-order valence-electron chi connectivity index (χ1n) is 4.37. The van der Waals surface area contributed by atoms with Gasteiger partial charge in [0.1, 0.15) is 0 Å². The van der Waals surface area contributed by atoms with Gasteiger partial charge in [-0.3, -0.25) is 9.59 Å². The first-order valence-corrected chi connectivity index (χ1v) is 4.37. The summed E-state index contributed by atoms with van der Waals surface area (Å²) >= 11 is 0. The Labute approximate surface area is 81.2 Å². The fourth-order valence-electron chi connectivity index (χ4n) is 1.63. The van der Waals surface area contributed by atoms with Crippen molar-refractivity contribution >= 4 is 11.8 Å². The summed E-state index contributed by atoms with van der Waals surface area (Å²) in [6.07, 6.45) is 5.52. The maximum absolute atomic E-state index is 11.2. The maximum Gasteiger partial charge on any atom is 0.307 e. The van der Waals surface area contributed by atoms with Gasteiger partial charge in [0.25, 0.3) is 0 Å². The van der Waals surface area contributed by atoms with Crippen LogP contribution in [0.4, 0.5) is 0 Å². The molecule has 14 heavy (non-hydrogen) atoms.